The molecule has 0 spiro atoms. The van der Waals surface area contributed by atoms with Gasteiger partial charge in [-0.2, -0.15) is 0 Å². The van der Waals surface area contributed by atoms with Crippen molar-refractivity contribution in [1.29, 1.82) is 0 Å². The van der Waals surface area contributed by atoms with Crippen molar-refractivity contribution in [2.45, 2.75) is 90.9 Å². The van der Waals surface area contributed by atoms with E-state index in [4.69, 9.17) is 0 Å². The van der Waals surface area contributed by atoms with Crippen molar-refractivity contribution in [2.75, 3.05) is 0 Å². The maximum absolute atomic E-state index is 11.1. The molecule has 0 aliphatic heterocycles. The van der Waals surface area contributed by atoms with E-state index in [1.165, 1.54) is 20.9 Å². The molecule has 0 radical (unpaired) electrons. The number of benzene rings is 2. The van der Waals surface area contributed by atoms with Crippen LogP contribution in [0.5, 0.6) is 11.5 Å². The van der Waals surface area contributed by atoms with Crippen LogP contribution in [0.2, 0.25) is 0 Å². The van der Waals surface area contributed by atoms with Gasteiger partial charge in [-0.15, -0.1) is 0 Å². The van der Waals surface area contributed by atoms with E-state index >= 15 is 0 Å². The summed E-state index contributed by atoms with van der Waals surface area (Å²) in [6, 6.07) is 4.44. The molecule has 0 amide bonds. The Kier molecular flexibility index (Phi) is 5.03. The molecule has 2 aromatic carbocycles. The van der Waals surface area contributed by atoms with Crippen LogP contribution in [0.25, 0.3) is 12.2 Å². The van der Waals surface area contributed by atoms with E-state index in [1.54, 1.807) is 0 Å². The number of phenolic OH excluding ortho intramolecular Hbond substituents is 2. The first-order valence-electron chi connectivity index (χ1n) is 11.5. The second kappa shape index (κ2) is 7.18. The first-order valence-corrected chi connectivity index (χ1v) is 11.5. The molecule has 2 nitrogen and oxygen atoms in total. The van der Waals surface area contributed by atoms with Crippen LogP contribution >= 0.6 is 0 Å². The normalized spacial score (nSPS) is 17.5. The van der Waals surface area contributed by atoms with Crippen molar-refractivity contribution in [3.05, 3.63) is 55.3 Å². The van der Waals surface area contributed by atoms with Crippen molar-refractivity contribution < 1.29 is 10.2 Å². The van der Waals surface area contributed by atoms with Crippen LogP contribution in [-0.2, 0) is 23.7 Å². The minimum atomic E-state index is -0.140. The summed E-state index contributed by atoms with van der Waals surface area (Å²) in [6.07, 6.45) is 10.7. The van der Waals surface area contributed by atoms with Crippen molar-refractivity contribution >= 4 is 12.2 Å². The van der Waals surface area contributed by atoms with Gasteiger partial charge in [0.25, 0.3) is 0 Å². The van der Waals surface area contributed by atoms with Crippen LogP contribution in [0.3, 0.4) is 0 Å². The van der Waals surface area contributed by atoms with Crippen LogP contribution in [0, 0.1) is 10.4 Å². The molecule has 0 fully saturated rings. The molecule has 0 heterocycles. The third kappa shape index (κ3) is 3.45. The summed E-state index contributed by atoms with van der Waals surface area (Å²) in [6.45, 7) is 13.0. The number of fused-ring (bicyclic) bond motifs is 2. The number of hydrogen-bond acceptors (Lipinski definition) is 2. The fourth-order valence-corrected chi connectivity index (χ4v) is 5.10. The van der Waals surface area contributed by atoms with Crippen LogP contribution in [0.15, 0.2) is 12.1 Å². The van der Waals surface area contributed by atoms with E-state index in [9.17, 15) is 10.2 Å². The summed E-state index contributed by atoms with van der Waals surface area (Å²) in [5.74, 6) is 0.953. The second-order valence-corrected chi connectivity index (χ2v) is 11.1. The maximum Gasteiger partial charge on any atom is 0.123 e. The lowest BCUT2D eigenvalue weighted by atomic mass is 9.80. The van der Waals surface area contributed by atoms with Crippen LogP contribution < -0.4 is 10.4 Å². The molecule has 2 aromatic rings. The first-order chi connectivity index (χ1) is 14.0. The van der Waals surface area contributed by atoms with E-state index in [2.05, 4.69) is 65.8 Å². The Morgan fingerprint density at radius 2 is 1.00 bits per heavy atom. The summed E-state index contributed by atoms with van der Waals surface area (Å²) < 4.78 is 0. The molecule has 0 unspecified atom stereocenters. The highest BCUT2D eigenvalue weighted by atomic mass is 16.3. The Bertz CT molecular complexity index is 1120. The predicted octanol–water partition coefficient (Wildman–Crippen LogP) is 5.21. The van der Waals surface area contributed by atoms with Gasteiger partial charge in [0.15, 0.2) is 0 Å². The number of rotatable bonds is 0. The second-order valence-electron chi connectivity index (χ2n) is 11.1. The third-order valence-corrected chi connectivity index (χ3v) is 6.75. The lowest BCUT2D eigenvalue weighted by molar-refractivity contribution is 0.436. The molecule has 0 saturated carbocycles. The molecular weight excluding hydrogens is 368 g/mol. The smallest absolute Gasteiger partial charge is 0.123 e. The third-order valence-electron chi connectivity index (χ3n) is 6.75. The average molecular weight is 405 g/mol. The van der Waals surface area contributed by atoms with Gasteiger partial charge in [0.05, 0.1) is 0 Å². The highest BCUT2D eigenvalue weighted by molar-refractivity contribution is 5.53. The molecule has 0 atom stereocenters. The SMILES string of the molecule is CC(C)(C)c1cc(=c2cc(C(C)(C)C)c(O)c3c2=CCCC3)c2c(c1O)CCCC=2. The van der Waals surface area contributed by atoms with E-state index in [-0.39, 0.29) is 10.8 Å². The molecule has 0 saturated heterocycles. The van der Waals surface area contributed by atoms with Crippen molar-refractivity contribution in [1.82, 2.24) is 0 Å². The van der Waals surface area contributed by atoms with E-state index in [0.717, 1.165) is 60.8 Å². The molecule has 4 rings (SSSR count). The first kappa shape index (κ1) is 21.0. The van der Waals surface area contributed by atoms with Crippen LogP contribution in [0.4, 0.5) is 0 Å². The fourth-order valence-electron chi connectivity index (χ4n) is 5.10. The highest BCUT2D eigenvalue weighted by Gasteiger charge is 2.25. The van der Waals surface area contributed by atoms with Crippen molar-refractivity contribution in [3.8, 4) is 11.5 Å². The number of aromatic hydroxyl groups is 2. The Morgan fingerprint density at radius 1 is 0.633 bits per heavy atom. The summed E-state index contributed by atoms with van der Waals surface area (Å²) >= 11 is 0. The Balaban J connectivity index is 2.33. The van der Waals surface area contributed by atoms with E-state index < -0.39 is 0 Å². The lowest BCUT2D eigenvalue weighted by Gasteiger charge is -2.25. The molecule has 2 heteroatoms. The van der Waals surface area contributed by atoms with Crippen molar-refractivity contribution in [2.24, 2.45) is 0 Å². The average Bonchev–Trinajstić information content (AvgIpc) is 2.67. The standard InChI is InChI=1S/C28H36O2/c1-27(2,3)23-15-21(17-11-7-9-13-19(17)25(23)29)22-16-24(28(4,5)6)26(30)20-14-10-8-12-18(20)22/h11-12,15-16,29-30H,7-10,13-14H2,1-6H3. The molecule has 0 aromatic heterocycles. The van der Waals surface area contributed by atoms with Gasteiger partial charge in [-0.3, -0.25) is 0 Å². The molecule has 160 valence electrons. The van der Waals surface area contributed by atoms with E-state index in [0.29, 0.717) is 11.5 Å². The number of phenols is 2. The monoisotopic (exact) mass is 404 g/mol. The van der Waals surface area contributed by atoms with Gasteiger partial charge in [0, 0.05) is 22.3 Å². The van der Waals surface area contributed by atoms with Gasteiger partial charge in [0.2, 0.25) is 0 Å². The van der Waals surface area contributed by atoms with Gasteiger partial charge in [-0.05, 0) is 82.4 Å². The Morgan fingerprint density at radius 3 is 1.33 bits per heavy atom. The summed E-state index contributed by atoms with van der Waals surface area (Å²) in [5, 5.41) is 27.1. The molecule has 2 aliphatic rings. The largest absolute Gasteiger partial charge is 0.507 e. The zero-order chi connectivity index (χ0) is 21.8. The van der Waals surface area contributed by atoms with Crippen LogP contribution in [0.1, 0.15) is 89.5 Å². The van der Waals surface area contributed by atoms with Gasteiger partial charge < -0.3 is 10.2 Å². The lowest BCUT2D eigenvalue weighted by Crippen LogP contribution is -2.25. The number of hydrogen-bond donors (Lipinski definition) is 2. The minimum absolute atomic E-state index is 0.140. The molecule has 0 bridgehead atoms. The van der Waals surface area contributed by atoms with Gasteiger partial charge >= 0.3 is 0 Å². The van der Waals surface area contributed by atoms with Gasteiger partial charge in [-0.25, -0.2) is 0 Å². The quantitative estimate of drug-likeness (QED) is 0.632. The zero-order valence-corrected chi connectivity index (χ0v) is 19.4. The van der Waals surface area contributed by atoms with Crippen molar-refractivity contribution in [3.63, 3.8) is 0 Å². The Hall–Kier alpha value is -2.22. The molecule has 2 N–H and O–H groups in total. The molecule has 2 aliphatic carbocycles. The summed E-state index contributed by atoms with van der Waals surface area (Å²) in [4.78, 5) is 0. The predicted molar refractivity (Wildman–Crippen MR) is 125 cm³/mol. The highest BCUT2D eigenvalue weighted by Crippen LogP contribution is 2.35. The van der Waals surface area contributed by atoms with Crippen LogP contribution in [-0.4, -0.2) is 10.2 Å². The van der Waals surface area contributed by atoms with Gasteiger partial charge in [0.1, 0.15) is 11.5 Å². The topological polar surface area (TPSA) is 40.5 Å². The fraction of sp³-hybridized carbons (Fsp3) is 0.500. The Labute approximate surface area is 180 Å². The summed E-state index contributed by atoms with van der Waals surface area (Å²) in [7, 11) is 0. The zero-order valence-electron chi connectivity index (χ0n) is 19.4. The van der Waals surface area contributed by atoms with Gasteiger partial charge in [-0.1, -0.05) is 53.7 Å². The van der Waals surface area contributed by atoms with E-state index in [1.807, 2.05) is 0 Å². The summed E-state index contributed by atoms with van der Waals surface area (Å²) in [5.41, 5.74) is 3.94. The molecular formula is C28H36O2. The minimum Gasteiger partial charge on any atom is -0.507 e. The molecule has 30 heavy (non-hydrogen) atoms. The maximum atomic E-state index is 11.1.